The van der Waals surface area contributed by atoms with Gasteiger partial charge in [0.1, 0.15) is 0 Å². The highest BCUT2D eigenvalue weighted by molar-refractivity contribution is 4.79. The Morgan fingerprint density at radius 1 is 1.33 bits per heavy atom. The van der Waals surface area contributed by atoms with Gasteiger partial charge in [-0.3, -0.25) is 0 Å². The second kappa shape index (κ2) is 4.83. The van der Waals surface area contributed by atoms with Crippen molar-refractivity contribution in [3.63, 3.8) is 0 Å². The second-order valence-electron chi connectivity index (χ2n) is 3.87. The molecule has 1 aliphatic rings. The fourth-order valence-electron chi connectivity index (χ4n) is 2.10. The fourth-order valence-corrected chi connectivity index (χ4v) is 2.10. The van der Waals surface area contributed by atoms with Crippen LogP contribution in [-0.4, -0.2) is 22.4 Å². The molecule has 0 aromatic rings. The molecular formula is C10H20O2. The summed E-state index contributed by atoms with van der Waals surface area (Å²) < 4.78 is 0. The molecule has 0 saturated heterocycles. The van der Waals surface area contributed by atoms with Gasteiger partial charge >= 0.3 is 0 Å². The molecule has 1 aliphatic carbocycles. The van der Waals surface area contributed by atoms with E-state index < -0.39 is 0 Å². The van der Waals surface area contributed by atoms with E-state index in [9.17, 15) is 10.2 Å². The smallest absolute Gasteiger partial charge is 0.0593 e. The lowest BCUT2D eigenvalue weighted by molar-refractivity contribution is -0.0156. The van der Waals surface area contributed by atoms with Gasteiger partial charge in [-0.1, -0.05) is 26.2 Å². The van der Waals surface area contributed by atoms with Crippen molar-refractivity contribution in [2.75, 3.05) is 0 Å². The van der Waals surface area contributed by atoms with E-state index in [1.54, 1.807) is 0 Å². The molecule has 2 nitrogen and oxygen atoms in total. The van der Waals surface area contributed by atoms with Crippen molar-refractivity contribution < 1.29 is 10.2 Å². The van der Waals surface area contributed by atoms with E-state index in [2.05, 4.69) is 6.92 Å². The maximum atomic E-state index is 9.68. The first-order chi connectivity index (χ1) is 5.75. The molecule has 1 saturated carbocycles. The Morgan fingerprint density at radius 3 is 2.58 bits per heavy atom. The summed E-state index contributed by atoms with van der Waals surface area (Å²) in [6.07, 6.45) is 5.49. The van der Waals surface area contributed by atoms with Crippen LogP contribution in [0.4, 0.5) is 0 Å². The molecule has 0 aromatic carbocycles. The Balaban J connectivity index is 2.36. The molecule has 3 atom stereocenters. The molecule has 0 heterocycles. The van der Waals surface area contributed by atoms with Crippen molar-refractivity contribution in [1.82, 2.24) is 0 Å². The summed E-state index contributed by atoms with van der Waals surface area (Å²) in [5, 5.41) is 19.3. The Hall–Kier alpha value is -0.0800. The molecule has 2 N–H and O–H groups in total. The van der Waals surface area contributed by atoms with Gasteiger partial charge in [0.05, 0.1) is 12.2 Å². The lowest BCUT2D eigenvalue weighted by Crippen LogP contribution is -2.34. The number of aliphatic hydroxyl groups excluding tert-OH is 2. The van der Waals surface area contributed by atoms with Crippen molar-refractivity contribution in [1.29, 1.82) is 0 Å². The Labute approximate surface area is 74.6 Å². The van der Waals surface area contributed by atoms with E-state index in [4.69, 9.17) is 0 Å². The highest BCUT2D eigenvalue weighted by Crippen LogP contribution is 2.28. The first-order valence-corrected chi connectivity index (χ1v) is 5.11. The average molecular weight is 172 g/mol. The molecule has 72 valence electrons. The van der Waals surface area contributed by atoms with Crippen molar-refractivity contribution >= 4 is 0 Å². The molecule has 0 amide bonds. The van der Waals surface area contributed by atoms with Crippen molar-refractivity contribution in [2.24, 2.45) is 5.92 Å². The van der Waals surface area contributed by atoms with E-state index in [-0.39, 0.29) is 18.1 Å². The Bertz CT molecular complexity index is 125. The van der Waals surface area contributed by atoms with Gasteiger partial charge in [-0.25, -0.2) is 0 Å². The normalized spacial score (nSPS) is 33.2. The maximum absolute atomic E-state index is 9.68. The van der Waals surface area contributed by atoms with Gasteiger partial charge < -0.3 is 10.2 Å². The summed E-state index contributed by atoms with van der Waals surface area (Å²) in [6.45, 7) is 2.07. The highest BCUT2D eigenvalue weighted by atomic mass is 16.3. The largest absolute Gasteiger partial charge is 0.393 e. The van der Waals surface area contributed by atoms with Crippen LogP contribution in [0.3, 0.4) is 0 Å². The van der Waals surface area contributed by atoms with Gasteiger partial charge in [0.15, 0.2) is 0 Å². The first kappa shape index (κ1) is 10.0. The third-order valence-corrected chi connectivity index (χ3v) is 2.86. The molecule has 0 radical (unpaired) electrons. The molecule has 0 bridgehead atoms. The molecular weight excluding hydrogens is 152 g/mol. The third-order valence-electron chi connectivity index (χ3n) is 2.86. The zero-order valence-corrected chi connectivity index (χ0v) is 7.87. The van der Waals surface area contributed by atoms with Crippen LogP contribution in [-0.2, 0) is 0 Å². The molecule has 2 heteroatoms. The summed E-state index contributed by atoms with van der Waals surface area (Å²) >= 11 is 0. The lowest BCUT2D eigenvalue weighted by Gasteiger charge is -2.31. The van der Waals surface area contributed by atoms with Gasteiger partial charge in [-0.15, -0.1) is 0 Å². The summed E-state index contributed by atoms with van der Waals surface area (Å²) in [4.78, 5) is 0. The topological polar surface area (TPSA) is 40.5 Å². The monoisotopic (exact) mass is 172 g/mol. The second-order valence-corrected chi connectivity index (χ2v) is 3.87. The highest BCUT2D eigenvalue weighted by Gasteiger charge is 2.28. The zero-order valence-electron chi connectivity index (χ0n) is 7.87. The SMILES string of the molecule is CCC[C@H](O)[C@H]1CCCC[C@@H]1O. The van der Waals surface area contributed by atoms with E-state index in [1.807, 2.05) is 0 Å². The number of rotatable bonds is 3. The van der Waals surface area contributed by atoms with Crippen LogP contribution in [0.1, 0.15) is 45.4 Å². The standard InChI is InChI=1S/C10H20O2/c1-2-5-9(11)8-6-3-4-7-10(8)12/h8-12H,2-7H2,1H3/t8-,9+,10+/m1/s1. The minimum absolute atomic E-state index is 0.152. The molecule has 0 spiro atoms. The Morgan fingerprint density at radius 2 is 2.00 bits per heavy atom. The van der Waals surface area contributed by atoms with Crippen LogP contribution in [0.15, 0.2) is 0 Å². The van der Waals surface area contributed by atoms with E-state index in [0.29, 0.717) is 0 Å². The Kier molecular flexibility index (Phi) is 4.02. The van der Waals surface area contributed by atoms with Crippen LogP contribution in [0.5, 0.6) is 0 Å². The summed E-state index contributed by atoms with van der Waals surface area (Å²) in [5.74, 6) is 0.152. The van der Waals surface area contributed by atoms with E-state index in [1.165, 1.54) is 6.42 Å². The van der Waals surface area contributed by atoms with Crippen molar-refractivity contribution in [3.05, 3.63) is 0 Å². The molecule has 0 aromatic heterocycles. The third kappa shape index (κ3) is 2.46. The van der Waals surface area contributed by atoms with Crippen LogP contribution in [0.2, 0.25) is 0 Å². The zero-order chi connectivity index (χ0) is 8.97. The van der Waals surface area contributed by atoms with E-state index in [0.717, 1.165) is 32.1 Å². The van der Waals surface area contributed by atoms with Gasteiger partial charge in [-0.2, -0.15) is 0 Å². The summed E-state index contributed by atoms with van der Waals surface area (Å²) in [6, 6.07) is 0. The average Bonchev–Trinajstić information content (AvgIpc) is 2.05. The van der Waals surface area contributed by atoms with Gasteiger partial charge in [0.25, 0.3) is 0 Å². The maximum Gasteiger partial charge on any atom is 0.0593 e. The van der Waals surface area contributed by atoms with Crippen LogP contribution in [0.25, 0.3) is 0 Å². The fraction of sp³-hybridized carbons (Fsp3) is 1.00. The van der Waals surface area contributed by atoms with Crippen LogP contribution >= 0.6 is 0 Å². The first-order valence-electron chi connectivity index (χ1n) is 5.11. The van der Waals surface area contributed by atoms with Gasteiger partial charge in [0.2, 0.25) is 0 Å². The predicted molar refractivity (Wildman–Crippen MR) is 48.9 cm³/mol. The summed E-state index contributed by atoms with van der Waals surface area (Å²) in [7, 11) is 0. The molecule has 0 aliphatic heterocycles. The number of aliphatic hydroxyl groups is 2. The molecule has 1 rings (SSSR count). The van der Waals surface area contributed by atoms with Crippen LogP contribution < -0.4 is 0 Å². The van der Waals surface area contributed by atoms with E-state index >= 15 is 0 Å². The summed E-state index contributed by atoms with van der Waals surface area (Å²) in [5.41, 5.74) is 0. The predicted octanol–water partition coefficient (Wildman–Crippen LogP) is 1.70. The molecule has 1 fully saturated rings. The molecule has 12 heavy (non-hydrogen) atoms. The lowest BCUT2D eigenvalue weighted by atomic mass is 9.81. The quantitative estimate of drug-likeness (QED) is 0.680. The van der Waals surface area contributed by atoms with Gasteiger partial charge in [-0.05, 0) is 19.3 Å². The minimum atomic E-state index is -0.273. The van der Waals surface area contributed by atoms with Crippen LogP contribution in [0, 0.1) is 5.92 Å². The molecule has 0 unspecified atom stereocenters. The minimum Gasteiger partial charge on any atom is -0.393 e. The van der Waals surface area contributed by atoms with Crippen molar-refractivity contribution in [3.8, 4) is 0 Å². The number of hydrogen-bond donors (Lipinski definition) is 2. The van der Waals surface area contributed by atoms with Gasteiger partial charge in [0, 0.05) is 5.92 Å². The van der Waals surface area contributed by atoms with Crippen molar-refractivity contribution in [2.45, 2.75) is 57.7 Å². The number of hydrogen-bond acceptors (Lipinski definition) is 2.